The average Bonchev–Trinajstić information content (AvgIpc) is 3.12. The van der Waals surface area contributed by atoms with Gasteiger partial charge >= 0.3 is 0 Å². The minimum absolute atomic E-state index is 0.258. The fourth-order valence-corrected chi connectivity index (χ4v) is 6.39. The number of fused-ring (bicyclic) bond motifs is 2. The van der Waals surface area contributed by atoms with Crippen molar-refractivity contribution < 1.29 is 23.9 Å². The summed E-state index contributed by atoms with van der Waals surface area (Å²) in [6.07, 6.45) is 4.45. The molecule has 5 heteroatoms. The van der Waals surface area contributed by atoms with Gasteiger partial charge in [-0.05, 0) is 119 Å². The van der Waals surface area contributed by atoms with E-state index in [1.54, 1.807) is 72.8 Å². The maximum atomic E-state index is 13.0. The van der Waals surface area contributed by atoms with Gasteiger partial charge in [0, 0.05) is 22.3 Å². The molecule has 0 N–H and O–H groups in total. The molecular formula is C44H30O5. The normalized spacial score (nSPS) is 12.5. The van der Waals surface area contributed by atoms with E-state index in [0.717, 1.165) is 47.9 Å². The first-order chi connectivity index (χ1) is 23.9. The van der Waals surface area contributed by atoms with Crippen LogP contribution in [0.3, 0.4) is 0 Å². The van der Waals surface area contributed by atoms with Crippen LogP contribution in [0.4, 0.5) is 0 Å². The monoisotopic (exact) mass is 638 g/mol. The molecule has 0 spiro atoms. The largest absolute Gasteiger partial charge is 0.457 e. The quantitative estimate of drug-likeness (QED) is 0.110. The highest BCUT2D eigenvalue weighted by Crippen LogP contribution is 2.31. The molecule has 49 heavy (non-hydrogen) atoms. The number of Topliss-reactive ketones (excluding diaryl/α,β-unsaturated/α-hetero) is 4. The van der Waals surface area contributed by atoms with Gasteiger partial charge in [0.05, 0.1) is 0 Å². The first kappa shape index (κ1) is 30.2. The van der Waals surface area contributed by atoms with Crippen molar-refractivity contribution in [3.63, 3.8) is 0 Å². The van der Waals surface area contributed by atoms with Crippen molar-refractivity contribution in [2.75, 3.05) is 0 Å². The minimum atomic E-state index is -0.602. The Morgan fingerprint density at radius 1 is 0.327 bits per heavy atom. The SMILES string of the molecule is O=C(C(=O)c1ccc(-c2ccc3c(c2)CC3)cc1)c1ccc(Oc2ccc(C(=O)C(=O)c3ccc(-c4ccc5c(c4)CC5)cc3)cc2)cc1. The van der Waals surface area contributed by atoms with Gasteiger partial charge < -0.3 is 4.74 Å². The van der Waals surface area contributed by atoms with Crippen molar-refractivity contribution in [2.24, 2.45) is 0 Å². The molecule has 6 aromatic rings. The Balaban J connectivity index is 0.875. The molecule has 0 bridgehead atoms. The van der Waals surface area contributed by atoms with E-state index in [2.05, 4.69) is 36.4 Å². The molecule has 0 heterocycles. The summed E-state index contributed by atoms with van der Waals surface area (Å²) in [4.78, 5) is 51.9. The number of hydrogen-bond acceptors (Lipinski definition) is 5. The first-order valence-corrected chi connectivity index (χ1v) is 16.4. The van der Waals surface area contributed by atoms with E-state index >= 15 is 0 Å². The summed E-state index contributed by atoms with van der Waals surface area (Å²) < 4.78 is 5.90. The number of ketones is 4. The van der Waals surface area contributed by atoms with Gasteiger partial charge in [0.1, 0.15) is 11.5 Å². The van der Waals surface area contributed by atoms with E-state index in [0.29, 0.717) is 22.6 Å². The molecule has 2 aliphatic carbocycles. The second kappa shape index (κ2) is 12.4. The minimum Gasteiger partial charge on any atom is -0.457 e. The van der Waals surface area contributed by atoms with Crippen LogP contribution in [0.1, 0.15) is 63.7 Å². The van der Waals surface area contributed by atoms with E-state index in [1.165, 1.54) is 22.3 Å². The topological polar surface area (TPSA) is 77.5 Å². The molecule has 0 amide bonds. The standard InChI is InChI=1S/C44H30O5/c45-41(31-9-1-27(2-10-31)35-13-5-29-7-15-37(29)25-35)43(47)33-17-21-39(22-18-33)49-40-23-19-34(20-24-40)44(48)42(46)32-11-3-28(4-12-32)36-14-6-30-8-16-38(30)26-36/h1-6,9-14,17-26H,7-8,15-16H2. The fraction of sp³-hybridized carbons (Fsp3) is 0.0909. The fourth-order valence-electron chi connectivity index (χ4n) is 6.39. The molecule has 0 fully saturated rings. The smallest absolute Gasteiger partial charge is 0.233 e. The van der Waals surface area contributed by atoms with Crippen LogP contribution in [-0.4, -0.2) is 23.1 Å². The van der Waals surface area contributed by atoms with E-state index in [4.69, 9.17) is 4.74 Å². The highest BCUT2D eigenvalue weighted by molar-refractivity contribution is 6.49. The highest BCUT2D eigenvalue weighted by atomic mass is 16.5. The molecule has 0 aliphatic heterocycles. The van der Waals surface area contributed by atoms with Gasteiger partial charge in [0.15, 0.2) is 0 Å². The molecule has 0 unspecified atom stereocenters. The van der Waals surface area contributed by atoms with Crippen LogP contribution in [-0.2, 0) is 25.7 Å². The molecule has 0 radical (unpaired) electrons. The second-order valence-electron chi connectivity index (χ2n) is 12.6. The molecule has 8 rings (SSSR count). The third-order valence-electron chi connectivity index (χ3n) is 9.58. The second-order valence-corrected chi connectivity index (χ2v) is 12.6. The lowest BCUT2D eigenvalue weighted by atomic mass is 9.86. The lowest BCUT2D eigenvalue weighted by Crippen LogP contribution is -2.14. The Kier molecular flexibility index (Phi) is 7.65. The summed E-state index contributed by atoms with van der Waals surface area (Å²) in [7, 11) is 0. The van der Waals surface area contributed by atoms with Crippen LogP contribution in [0.25, 0.3) is 22.3 Å². The summed E-state index contributed by atoms with van der Waals surface area (Å²) in [5.41, 5.74) is 10.9. The zero-order valence-corrected chi connectivity index (χ0v) is 26.6. The number of carbonyl (C=O) groups excluding carboxylic acids is 4. The summed E-state index contributed by atoms with van der Waals surface area (Å²) in [5, 5.41) is 0. The van der Waals surface area contributed by atoms with Crippen LogP contribution in [0, 0.1) is 0 Å². The van der Waals surface area contributed by atoms with Gasteiger partial charge in [-0.3, -0.25) is 19.2 Å². The Labute approximate surface area is 283 Å². The van der Waals surface area contributed by atoms with Gasteiger partial charge in [-0.25, -0.2) is 0 Å². The zero-order valence-electron chi connectivity index (χ0n) is 26.6. The summed E-state index contributed by atoms with van der Waals surface area (Å²) in [6, 6.07) is 39.8. The van der Waals surface area contributed by atoms with Crippen LogP contribution < -0.4 is 4.74 Å². The van der Waals surface area contributed by atoms with Crippen LogP contribution in [0.15, 0.2) is 133 Å². The third kappa shape index (κ3) is 5.92. The number of ether oxygens (including phenoxy) is 1. The number of carbonyl (C=O) groups is 4. The Bertz CT molecular complexity index is 2110. The lowest BCUT2D eigenvalue weighted by Gasteiger charge is -2.19. The van der Waals surface area contributed by atoms with Crippen molar-refractivity contribution in [2.45, 2.75) is 25.7 Å². The number of aryl methyl sites for hydroxylation is 4. The zero-order chi connectivity index (χ0) is 33.5. The molecule has 2 aliphatic rings. The molecule has 5 nitrogen and oxygen atoms in total. The van der Waals surface area contributed by atoms with Crippen molar-refractivity contribution in [3.8, 4) is 33.8 Å². The summed E-state index contributed by atoms with van der Waals surface area (Å²) in [5.74, 6) is -1.45. The van der Waals surface area contributed by atoms with Crippen molar-refractivity contribution in [3.05, 3.63) is 178 Å². The maximum absolute atomic E-state index is 13.0. The molecule has 236 valence electrons. The van der Waals surface area contributed by atoms with E-state index in [1.807, 2.05) is 24.3 Å². The number of benzene rings is 6. The van der Waals surface area contributed by atoms with Crippen molar-refractivity contribution in [1.29, 1.82) is 0 Å². The van der Waals surface area contributed by atoms with Gasteiger partial charge in [-0.15, -0.1) is 0 Å². The molecule has 0 saturated heterocycles. The third-order valence-corrected chi connectivity index (χ3v) is 9.58. The van der Waals surface area contributed by atoms with E-state index in [-0.39, 0.29) is 11.1 Å². The summed E-state index contributed by atoms with van der Waals surface area (Å²) in [6.45, 7) is 0. The Morgan fingerprint density at radius 2 is 0.612 bits per heavy atom. The van der Waals surface area contributed by atoms with Crippen LogP contribution in [0.5, 0.6) is 11.5 Å². The van der Waals surface area contributed by atoms with E-state index < -0.39 is 23.1 Å². The van der Waals surface area contributed by atoms with Crippen molar-refractivity contribution >= 4 is 23.1 Å². The Morgan fingerprint density at radius 3 is 0.898 bits per heavy atom. The predicted molar refractivity (Wildman–Crippen MR) is 189 cm³/mol. The highest BCUT2D eigenvalue weighted by Gasteiger charge is 2.21. The number of hydrogen-bond donors (Lipinski definition) is 0. The van der Waals surface area contributed by atoms with Crippen molar-refractivity contribution in [1.82, 2.24) is 0 Å². The lowest BCUT2D eigenvalue weighted by molar-refractivity contribution is 0.0817. The Hall–Kier alpha value is -6.20. The van der Waals surface area contributed by atoms with Crippen LogP contribution >= 0.6 is 0 Å². The average molecular weight is 639 g/mol. The molecule has 0 atom stereocenters. The maximum Gasteiger partial charge on any atom is 0.233 e. The van der Waals surface area contributed by atoms with Gasteiger partial charge in [0.2, 0.25) is 23.1 Å². The van der Waals surface area contributed by atoms with Gasteiger partial charge in [-0.1, -0.05) is 84.9 Å². The number of rotatable bonds is 10. The molecular weight excluding hydrogens is 608 g/mol. The van der Waals surface area contributed by atoms with Gasteiger partial charge in [0.25, 0.3) is 0 Å². The molecule has 0 saturated carbocycles. The van der Waals surface area contributed by atoms with Gasteiger partial charge in [-0.2, -0.15) is 0 Å². The molecule has 0 aromatic heterocycles. The summed E-state index contributed by atoms with van der Waals surface area (Å²) >= 11 is 0. The van der Waals surface area contributed by atoms with E-state index in [9.17, 15) is 19.2 Å². The predicted octanol–water partition coefficient (Wildman–Crippen LogP) is 9.14. The first-order valence-electron chi connectivity index (χ1n) is 16.4. The van der Waals surface area contributed by atoms with Crippen LogP contribution in [0.2, 0.25) is 0 Å². The molecule has 6 aromatic carbocycles.